The number of carbonyl (C=O) groups is 2. The van der Waals surface area contributed by atoms with Gasteiger partial charge >= 0.3 is 11.9 Å². The summed E-state index contributed by atoms with van der Waals surface area (Å²) >= 11 is 0. The number of carbonyl (C=O) groups excluding carboxylic acids is 2. The van der Waals surface area contributed by atoms with Gasteiger partial charge in [0.1, 0.15) is 17.4 Å². The molecule has 0 fully saturated rings. The van der Waals surface area contributed by atoms with Crippen molar-refractivity contribution in [3.8, 4) is 11.8 Å². The van der Waals surface area contributed by atoms with E-state index >= 15 is 0 Å². The molecule has 116 valence electrons. The molecule has 0 aliphatic carbocycles. The zero-order valence-electron chi connectivity index (χ0n) is 12.3. The molecule has 0 aliphatic heterocycles. The van der Waals surface area contributed by atoms with Gasteiger partial charge in [-0.05, 0) is 42.8 Å². The number of hydrogen-bond acceptors (Lipinski definition) is 6. The molecule has 0 amide bonds. The van der Waals surface area contributed by atoms with E-state index in [0.717, 1.165) is 0 Å². The Morgan fingerprint density at radius 2 is 2.13 bits per heavy atom. The third kappa shape index (κ3) is 4.32. The third-order valence-corrected chi connectivity index (χ3v) is 2.72. The number of nitrogens with zero attached hydrogens (tertiary/aromatic N) is 1. The lowest BCUT2D eigenvalue weighted by molar-refractivity contribution is -0.137. The number of hydrogen-bond donors (Lipinski definition) is 0. The lowest BCUT2D eigenvalue weighted by Gasteiger charge is -2.04. The summed E-state index contributed by atoms with van der Waals surface area (Å²) in [6, 6.07) is 11.3. The monoisotopic (exact) mass is 311 g/mol. The normalized spacial score (nSPS) is 10.7. The Morgan fingerprint density at radius 1 is 1.30 bits per heavy atom. The van der Waals surface area contributed by atoms with Gasteiger partial charge in [0.05, 0.1) is 12.9 Å². The van der Waals surface area contributed by atoms with E-state index in [2.05, 4.69) is 0 Å². The van der Waals surface area contributed by atoms with Crippen LogP contribution in [0.2, 0.25) is 0 Å². The van der Waals surface area contributed by atoms with E-state index in [0.29, 0.717) is 5.56 Å². The van der Waals surface area contributed by atoms with Crippen molar-refractivity contribution < 1.29 is 23.5 Å². The highest BCUT2D eigenvalue weighted by atomic mass is 16.5. The van der Waals surface area contributed by atoms with Crippen LogP contribution in [0.25, 0.3) is 6.08 Å². The molecule has 6 heteroatoms. The molecule has 0 bridgehead atoms. The van der Waals surface area contributed by atoms with Crippen LogP contribution in [0.15, 0.2) is 52.7 Å². The van der Waals surface area contributed by atoms with Crippen LogP contribution in [0.5, 0.6) is 5.75 Å². The van der Waals surface area contributed by atoms with Gasteiger partial charge in [0.25, 0.3) is 0 Å². The fraction of sp³-hybridized carbons (Fsp3) is 0.118. The summed E-state index contributed by atoms with van der Waals surface area (Å²) in [5.41, 5.74) is 0.390. The molecule has 1 aromatic carbocycles. The van der Waals surface area contributed by atoms with Crippen LogP contribution in [0.1, 0.15) is 23.0 Å². The molecule has 0 spiro atoms. The Kier molecular flexibility index (Phi) is 5.31. The van der Waals surface area contributed by atoms with Crippen LogP contribution in [-0.2, 0) is 9.53 Å². The maximum atomic E-state index is 11.8. The predicted molar refractivity (Wildman–Crippen MR) is 80.3 cm³/mol. The smallest absolute Gasteiger partial charge is 0.379 e. The second kappa shape index (κ2) is 7.61. The van der Waals surface area contributed by atoms with Crippen LogP contribution in [0.3, 0.4) is 0 Å². The average Bonchev–Trinajstić information content (AvgIpc) is 3.07. The number of furan rings is 1. The van der Waals surface area contributed by atoms with E-state index in [1.807, 2.05) is 0 Å². The number of benzene rings is 1. The highest BCUT2D eigenvalue weighted by Crippen LogP contribution is 2.18. The molecular formula is C17H13NO5. The highest BCUT2D eigenvalue weighted by molar-refractivity contribution is 5.98. The molecular weight excluding hydrogens is 298 g/mol. The Labute approximate surface area is 132 Å². The largest absolute Gasteiger partial charge is 0.462 e. The molecule has 0 saturated carbocycles. The summed E-state index contributed by atoms with van der Waals surface area (Å²) in [6.45, 7) is 1.83. The molecule has 1 aromatic heterocycles. The van der Waals surface area contributed by atoms with Crippen molar-refractivity contribution in [1.29, 1.82) is 5.26 Å². The van der Waals surface area contributed by atoms with Crippen molar-refractivity contribution in [2.45, 2.75) is 6.92 Å². The van der Waals surface area contributed by atoms with E-state index in [1.165, 1.54) is 24.5 Å². The van der Waals surface area contributed by atoms with Gasteiger partial charge in [-0.3, -0.25) is 0 Å². The molecule has 2 aromatic rings. The molecule has 0 radical (unpaired) electrons. The number of esters is 2. The zero-order chi connectivity index (χ0) is 16.7. The van der Waals surface area contributed by atoms with E-state index < -0.39 is 11.9 Å². The Morgan fingerprint density at radius 3 is 2.78 bits per heavy atom. The minimum absolute atomic E-state index is 0.0789. The van der Waals surface area contributed by atoms with Gasteiger partial charge in [0.15, 0.2) is 0 Å². The predicted octanol–water partition coefficient (Wildman–Crippen LogP) is 2.97. The first-order valence-electron chi connectivity index (χ1n) is 6.78. The Balaban J connectivity index is 2.18. The van der Waals surface area contributed by atoms with Gasteiger partial charge in [0.2, 0.25) is 5.76 Å². The van der Waals surface area contributed by atoms with Gasteiger partial charge < -0.3 is 13.9 Å². The van der Waals surface area contributed by atoms with Crippen molar-refractivity contribution in [2.75, 3.05) is 6.61 Å². The van der Waals surface area contributed by atoms with Gasteiger partial charge in [0, 0.05) is 0 Å². The molecule has 23 heavy (non-hydrogen) atoms. The molecule has 6 nitrogen and oxygen atoms in total. The van der Waals surface area contributed by atoms with E-state index in [-0.39, 0.29) is 23.7 Å². The molecule has 0 aliphatic rings. The quantitative estimate of drug-likeness (QED) is 0.365. The first kappa shape index (κ1) is 16.0. The summed E-state index contributed by atoms with van der Waals surface area (Å²) in [7, 11) is 0. The average molecular weight is 311 g/mol. The van der Waals surface area contributed by atoms with Crippen molar-refractivity contribution in [3.63, 3.8) is 0 Å². The van der Waals surface area contributed by atoms with E-state index in [1.54, 1.807) is 37.3 Å². The molecule has 0 unspecified atom stereocenters. The standard InChI is InChI=1S/C17H13NO5/c1-2-21-16(19)13(11-18)9-12-5-3-6-14(10-12)23-17(20)15-7-4-8-22-15/h3-10H,2H2,1H3. The summed E-state index contributed by atoms with van der Waals surface area (Å²) < 4.78 is 14.9. The van der Waals surface area contributed by atoms with Crippen molar-refractivity contribution in [3.05, 3.63) is 59.6 Å². The Bertz CT molecular complexity index is 769. The summed E-state index contributed by atoms with van der Waals surface area (Å²) in [4.78, 5) is 23.4. The fourth-order valence-electron chi connectivity index (χ4n) is 1.73. The van der Waals surface area contributed by atoms with Crippen molar-refractivity contribution >= 4 is 18.0 Å². The minimum Gasteiger partial charge on any atom is -0.462 e. The van der Waals surface area contributed by atoms with Gasteiger partial charge in [-0.25, -0.2) is 9.59 Å². The maximum Gasteiger partial charge on any atom is 0.379 e. The van der Waals surface area contributed by atoms with Crippen molar-refractivity contribution in [1.82, 2.24) is 0 Å². The summed E-state index contributed by atoms with van der Waals surface area (Å²) in [6.07, 6.45) is 2.73. The number of nitriles is 1. The summed E-state index contributed by atoms with van der Waals surface area (Å²) in [5, 5.41) is 9.01. The summed E-state index contributed by atoms with van der Waals surface area (Å²) in [5.74, 6) is -0.994. The molecule has 0 atom stereocenters. The number of ether oxygens (including phenoxy) is 2. The first-order chi connectivity index (χ1) is 11.1. The second-order valence-electron chi connectivity index (χ2n) is 4.33. The maximum absolute atomic E-state index is 11.8. The lowest BCUT2D eigenvalue weighted by Crippen LogP contribution is -2.07. The van der Waals surface area contributed by atoms with Gasteiger partial charge in [-0.15, -0.1) is 0 Å². The zero-order valence-corrected chi connectivity index (χ0v) is 12.3. The van der Waals surface area contributed by atoms with E-state index in [9.17, 15) is 9.59 Å². The van der Waals surface area contributed by atoms with Gasteiger partial charge in [-0.2, -0.15) is 5.26 Å². The molecule has 0 saturated heterocycles. The first-order valence-corrected chi connectivity index (χ1v) is 6.78. The van der Waals surface area contributed by atoms with Crippen LogP contribution >= 0.6 is 0 Å². The van der Waals surface area contributed by atoms with E-state index in [4.69, 9.17) is 19.2 Å². The lowest BCUT2D eigenvalue weighted by atomic mass is 10.1. The van der Waals surface area contributed by atoms with Crippen LogP contribution in [0, 0.1) is 11.3 Å². The Hall–Kier alpha value is -3.33. The molecule has 0 N–H and O–H groups in total. The second-order valence-corrected chi connectivity index (χ2v) is 4.33. The SMILES string of the molecule is CCOC(=O)C(C#N)=Cc1cccc(OC(=O)c2ccco2)c1. The molecule has 2 rings (SSSR count). The minimum atomic E-state index is -0.701. The van der Waals surface area contributed by atoms with Crippen LogP contribution in [-0.4, -0.2) is 18.5 Å². The highest BCUT2D eigenvalue weighted by Gasteiger charge is 2.12. The fourth-order valence-corrected chi connectivity index (χ4v) is 1.73. The van der Waals surface area contributed by atoms with Crippen molar-refractivity contribution in [2.24, 2.45) is 0 Å². The van der Waals surface area contributed by atoms with Crippen LogP contribution < -0.4 is 4.74 Å². The van der Waals surface area contributed by atoms with Crippen LogP contribution in [0.4, 0.5) is 0 Å². The topological polar surface area (TPSA) is 89.5 Å². The molecule has 1 heterocycles. The third-order valence-electron chi connectivity index (χ3n) is 2.72. The number of rotatable bonds is 5. The van der Waals surface area contributed by atoms with Gasteiger partial charge in [-0.1, -0.05) is 12.1 Å².